The van der Waals surface area contributed by atoms with Gasteiger partial charge >= 0.3 is 6.55 Å². The summed E-state index contributed by atoms with van der Waals surface area (Å²) in [7, 11) is 2.09. The van der Waals surface area contributed by atoms with Crippen LogP contribution in [0, 0.1) is 11.3 Å². The first-order valence-corrected chi connectivity index (χ1v) is 34.7. The second kappa shape index (κ2) is 28.5. The molecule has 11 aromatic rings. The molecule has 520 valence electrons. The van der Waals surface area contributed by atoms with E-state index in [0.717, 1.165) is 187 Å². The lowest BCUT2D eigenvalue weighted by molar-refractivity contribution is 0.0746. The highest BCUT2D eigenvalue weighted by molar-refractivity contribution is 6.09. The van der Waals surface area contributed by atoms with Crippen LogP contribution in [0.1, 0.15) is 71.9 Å². The molecule has 0 bridgehead atoms. The number of piperazine rings is 3. The molecule has 0 aliphatic carbocycles. The molecule has 7 aliphatic heterocycles. The lowest BCUT2D eigenvalue weighted by Crippen LogP contribution is -2.43. The molecule has 0 spiro atoms. The molecule has 3 aromatic carbocycles. The molecule has 8 aromatic heterocycles. The maximum Gasteiger partial charge on any atom is 0.320 e. The fraction of sp³-hybridized carbons (Fsp3) is 0.263. The number of hydrogen-bond acceptors (Lipinski definition) is 20. The number of carbonyl (C=O) groups is 3. The monoisotopic (exact) mass is 1380 g/mol. The van der Waals surface area contributed by atoms with Gasteiger partial charge in [-0.05, 0) is 137 Å². The number of nitriles is 1. The number of alkyl halides is 2. The maximum absolute atomic E-state index is 13.4. The van der Waals surface area contributed by atoms with E-state index in [-0.39, 0.29) is 23.4 Å². The van der Waals surface area contributed by atoms with Gasteiger partial charge in [-0.3, -0.25) is 23.4 Å². The number of anilines is 10. The number of halogens is 2. The Bertz CT molecular complexity index is 5100. The fourth-order valence-electron chi connectivity index (χ4n) is 14.8. The van der Waals surface area contributed by atoms with Gasteiger partial charge in [0.1, 0.15) is 34.6 Å². The van der Waals surface area contributed by atoms with Crippen LogP contribution in [0.3, 0.4) is 0 Å². The van der Waals surface area contributed by atoms with Crippen LogP contribution in [0.2, 0.25) is 0 Å². The summed E-state index contributed by atoms with van der Waals surface area (Å²) in [6, 6.07) is 35.0. The Hall–Kier alpha value is -12.1. The van der Waals surface area contributed by atoms with Gasteiger partial charge in [-0.2, -0.15) is 14.0 Å². The number of aromatic nitrogens is 8. The predicted octanol–water partition coefficient (Wildman–Crippen LogP) is 9.48. The zero-order chi connectivity index (χ0) is 70.1. The predicted molar refractivity (Wildman–Crippen MR) is 394 cm³/mol. The molecule has 0 saturated carbocycles. The topological polar surface area (TPSA) is 283 Å². The lowest BCUT2D eigenvalue weighted by atomic mass is 9.90. The maximum atomic E-state index is 13.4. The van der Waals surface area contributed by atoms with Gasteiger partial charge in [0.05, 0.1) is 92.9 Å². The summed E-state index contributed by atoms with van der Waals surface area (Å²) in [6.07, 6.45) is 16.1. The zero-order valence-electron chi connectivity index (χ0n) is 56.5. The molecule has 3 fully saturated rings. The average Bonchev–Trinajstić information content (AvgIpc) is 1.72. The van der Waals surface area contributed by atoms with Crippen LogP contribution >= 0.6 is 0 Å². The highest BCUT2D eigenvalue weighted by atomic mass is 19.3. The van der Waals surface area contributed by atoms with Crippen molar-refractivity contribution in [3.05, 3.63) is 197 Å². The molecule has 15 heterocycles. The first-order chi connectivity index (χ1) is 50.5. The third-order valence-corrected chi connectivity index (χ3v) is 20.0. The molecule has 0 radical (unpaired) electrons. The number of rotatable bonds is 13. The molecule has 18 rings (SSSR count). The summed E-state index contributed by atoms with van der Waals surface area (Å²) in [6.45, 7) is 11.3. The number of fused-ring (bicyclic) bond motifs is 6. The van der Waals surface area contributed by atoms with E-state index in [4.69, 9.17) is 5.26 Å². The number of hydrogen-bond donors (Lipinski definition) is 9. The van der Waals surface area contributed by atoms with Crippen LogP contribution < -0.4 is 67.5 Å². The van der Waals surface area contributed by atoms with Crippen molar-refractivity contribution in [2.24, 2.45) is 0 Å². The summed E-state index contributed by atoms with van der Waals surface area (Å²) >= 11 is 0. The summed E-state index contributed by atoms with van der Waals surface area (Å²) in [5.41, 5.74) is 18.4. The van der Waals surface area contributed by atoms with Crippen LogP contribution in [-0.4, -0.2) is 149 Å². The average molecular weight is 1380 g/mol. The Morgan fingerprint density at radius 1 is 0.485 bits per heavy atom. The molecule has 0 unspecified atom stereocenters. The van der Waals surface area contributed by atoms with Crippen molar-refractivity contribution in [3.63, 3.8) is 0 Å². The summed E-state index contributed by atoms with van der Waals surface area (Å²) in [5, 5.41) is 38.7. The van der Waals surface area contributed by atoms with Crippen molar-refractivity contribution in [1.29, 1.82) is 5.26 Å². The smallest absolute Gasteiger partial charge is 0.320 e. The Morgan fingerprint density at radius 2 is 0.951 bits per heavy atom. The van der Waals surface area contributed by atoms with Gasteiger partial charge in [-0.1, -0.05) is 18.2 Å². The van der Waals surface area contributed by atoms with Crippen LogP contribution in [0.5, 0.6) is 0 Å². The number of pyridine rings is 6. The molecule has 103 heavy (non-hydrogen) atoms. The van der Waals surface area contributed by atoms with E-state index in [1.165, 1.54) is 23.5 Å². The summed E-state index contributed by atoms with van der Waals surface area (Å²) < 4.78 is 29.5. The van der Waals surface area contributed by atoms with Gasteiger partial charge in [0.2, 0.25) is 0 Å². The number of nitrogens with zero attached hydrogens (tertiary/aromatic N) is 13. The minimum Gasteiger partial charge on any atom is -0.368 e. The summed E-state index contributed by atoms with van der Waals surface area (Å²) in [5.74, 6) is 2.76. The van der Waals surface area contributed by atoms with Gasteiger partial charge in [0.25, 0.3) is 17.7 Å². The normalized spacial score (nSPS) is 16.0. The van der Waals surface area contributed by atoms with Gasteiger partial charge in [0, 0.05) is 153 Å². The van der Waals surface area contributed by atoms with Gasteiger partial charge in [-0.25, -0.2) is 29.9 Å². The van der Waals surface area contributed by atoms with Crippen LogP contribution in [0.25, 0.3) is 50.2 Å². The van der Waals surface area contributed by atoms with Crippen LogP contribution in [0.15, 0.2) is 153 Å². The van der Waals surface area contributed by atoms with Crippen molar-refractivity contribution in [2.75, 3.05) is 128 Å². The van der Waals surface area contributed by atoms with E-state index in [9.17, 15) is 23.2 Å². The third kappa shape index (κ3) is 13.0. The van der Waals surface area contributed by atoms with Crippen molar-refractivity contribution in [1.82, 2.24) is 70.8 Å². The summed E-state index contributed by atoms with van der Waals surface area (Å²) in [4.78, 5) is 74.5. The number of carbonyl (C=O) groups excluding carboxylic acids is 3. The van der Waals surface area contributed by atoms with Crippen LogP contribution in [-0.2, 0) is 26.1 Å². The van der Waals surface area contributed by atoms with Crippen molar-refractivity contribution in [3.8, 4) is 39.6 Å². The van der Waals surface area contributed by atoms with E-state index < -0.39 is 6.55 Å². The largest absolute Gasteiger partial charge is 0.368 e. The minimum absolute atomic E-state index is 0.0446. The molecule has 25 nitrogen and oxygen atoms in total. The van der Waals surface area contributed by atoms with Gasteiger partial charge in [-0.15, -0.1) is 0 Å². The molecule has 27 heteroatoms. The number of nitrogens with one attached hydrogen (secondary N) is 9. The molecular formula is C76H74F2N22O3. The van der Waals surface area contributed by atoms with E-state index in [1.807, 2.05) is 90.0 Å². The van der Waals surface area contributed by atoms with E-state index >= 15 is 0 Å². The molecule has 3 saturated heterocycles. The first kappa shape index (κ1) is 65.5. The Morgan fingerprint density at radius 3 is 1.44 bits per heavy atom. The molecule has 3 amide bonds. The molecular weight excluding hydrogens is 1310 g/mol. The Kier molecular flexibility index (Phi) is 18.1. The Balaban J connectivity index is 0.000000119. The second-order valence-corrected chi connectivity index (χ2v) is 26.1. The standard InChI is InChI=1S/C26H29N7O.C25H23F2N7O.C25H22N8O/c1-32-12-2-3-20-19(8-9-28-25(20)32)18-5-6-22(24-21(18)16-30-26(24)34)31-23-7-4-17(15-29-23)33-13-10-27-11-14-33;26-25(27)34-10-6-18-17(5-7-29-23(18)34)16-2-3-20(22-19(16)14-31-24(22)35)32-21-4-1-15(13-30-21)33-11-8-28-9-12-33;26-12-16-5-8-33-21(15-29-23(33)11-16)18-2-3-20(24-19(18)14-30-25(24)34)31-22-4-1-17(13-28-22)32-9-6-27-7-10-32/h4-9,15,27H,2-3,10-14,16H2,1H3,(H,29,31)(H,30,34);1-7,10,13,25,28H,8-9,11-12,14H2,(H,30,32)(H,31,35);1-5,8,11,13,15,27H,6-7,9-10,14H2,(H,28,31)(H,30,34). The molecule has 7 aliphatic rings. The highest BCUT2D eigenvalue weighted by Crippen LogP contribution is 2.42. The van der Waals surface area contributed by atoms with Crippen LogP contribution in [0.4, 0.5) is 66.2 Å². The van der Waals surface area contributed by atoms with E-state index in [0.29, 0.717) is 70.2 Å². The number of benzene rings is 3. The van der Waals surface area contributed by atoms with Crippen molar-refractivity contribution < 1.29 is 23.2 Å². The number of amides is 3. The molecule has 9 N–H and O–H groups in total. The SMILES string of the molecule is CN1CCCc2c(-c3ccc(Nc4ccc(N5CCNCC5)cn4)c4c3CNC4=O)ccnc21.N#Cc1ccn2c(-c3ccc(Nc4ccc(N5CCNCC5)cn4)c4c3CNC4=O)cnc2c1.O=C1NCc2c(-c3ccnc4c3ccn4C(F)F)ccc(Nc3ccc(N4CCNCC4)cn3)c21. The second-order valence-electron chi connectivity index (χ2n) is 26.1. The van der Waals surface area contributed by atoms with Crippen molar-refractivity contribution >= 4 is 91.8 Å². The molecule has 0 atom stereocenters. The quantitative estimate of drug-likeness (QED) is 0.0519. The van der Waals surface area contributed by atoms with E-state index in [1.54, 1.807) is 30.5 Å². The van der Waals surface area contributed by atoms with Gasteiger partial charge in [0.15, 0.2) is 0 Å². The minimum atomic E-state index is -2.68. The number of imidazole rings is 1. The first-order valence-electron chi connectivity index (χ1n) is 34.7. The van der Waals surface area contributed by atoms with Crippen molar-refractivity contribution in [2.45, 2.75) is 39.0 Å². The lowest BCUT2D eigenvalue weighted by Gasteiger charge is -2.29. The third-order valence-electron chi connectivity index (χ3n) is 20.0. The van der Waals surface area contributed by atoms with Gasteiger partial charge < -0.3 is 67.5 Å². The highest BCUT2D eigenvalue weighted by Gasteiger charge is 2.32. The fourth-order valence-corrected chi connectivity index (χ4v) is 14.8. The van der Waals surface area contributed by atoms with E-state index in [2.05, 4.69) is 135 Å². The zero-order valence-corrected chi connectivity index (χ0v) is 56.5. The Labute approximate surface area is 591 Å².